The number of hydrogen-bond donors (Lipinski definition) is 3. The summed E-state index contributed by atoms with van der Waals surface area (Å²) in [6.07, 6.45) is -1.82. The van der Waals surface area contributed by atoms with Crippen molar-refractivity contribution in [3.63, 3.8) is 0 Å². The molecule has 5 unspecified atom stereocenters. The number of carbonyl (C=O) groups excluding carboxylic acids is 1. The van der Waals surface area contributed by atoms with E-state index < -0.39 is 23.7 Å². The second-order valence-electron chi connectivity index (χ2n) is 6.16. The van der Waals surface area contributed by atoms with Crippen LogP contribution in [0.1, 0.15) is 47.0 Å². The Labute approximate surface area is 114 Å². The van der Waals surface area contributed by atoms with Crippen molar-refractivity contribution in [2.45, 2.75) is 77.0 Å². The molecule has 5 atom stereocenters. The van der Waals surface area contributed by atoms with Gasteiger partial charge in [0.15, 0.2) is 0 Å². The minimum atomic E-state index is -1.05. The Kier molecular flexibility index (Phi) is 5.50. The molecular weight excluding hydrogens is 248 g/mol. The van der Waals surface area contributed by atoms with Crippen LogP contribution in [0.4, 0.5) is 0 Å². The van der Waals surface area contributed by atoms with E-state index in [1.807, 2.05) is 6.92 Å². The molecule has 0 amide bonds. The molecule has 0 aromatic rings. The van der Waals surface area contributed by atoms with Crippen LogP contribution in [0.15, 0.2) is 0 Å². The van der Waals surface area contributed by atoms with Crippen LogP contribution in [0, 0.1) is 5.92 Å². The summed E-state index contributed by atoms with van der Waals surface area (Å²) >= 11 is 0. The highest BCUT2D eigenvalue weighted by molar-refractivity contribution is 5.79. The van der Waals surface area contributed by atoms with E-state index in [0.717, 1.165) is 0 Å². The van der Waals surface area contributed by atoms with Crippen LogP contribution >= 0.6 is 0 Å². The second-order valence-corrected chi connectivity index (χ2v) is 6.16. The molecule has 0 aliphatic carbocycles. The third-order valence-electron chi connectivity index (χ3n) is 3.66. The van der Waals surface area contributed by atoms with Gasteiger partial charge in [0.25, 0.3) is 0 Å². The van der Waals surface area contributed by atoms with Crippen molar-refractivity contribution >= 4 is 5.78 Å². The van der Waals surface area contributed by atoms with E-state index in [2.05, 4.69) is 0 Å². The number of rotatable bonds is 5. The molecule has 1 heterocycles. The quantitative estimate of drug-likeness (QED) is 0.685. The molecule has 0 saturated carbocycles. The molecule has 0 spiro atoms. The Morgan fingerprint density at radius 2 is 1.84 bits per heavy atom. The van der Waals surface area contributed by atoms with Crippen LogP contribution in [0.25, 0.3) is 0 Å². The average Bonchev–Trinajstić information content (AvgIpc) is 2.27. The van der Waals surface area contributed by atoms with Crippen LogP contribution in [0.3, 0.4) is 0 Å². The Morgan fingerprint density at radius 1 is 1.26 bits per heavy atom. The van der Waals surface area contributed by atoms with E-state index in [4.69, 9.17) is 4.74 Å². The first-order chi connectivity index (χ1) is 8.65. The Morgan fingerprint density at radius 3 is 2.32 bits per heavy atom. The van der Waals surface area contributed by atoms with Gasteiger partial charge in [0, 0.05) is 18.8 Å². The Balaban J connectivity index is 2.65. The van der Waals surface area contributed by atoms with E-state index in [9.17, 15) is 20.1 Å². The molecule has 1 aliphatic rings. The average molecular weight is 274 g/mol. The van der Waals surface area contributed by atoms with E-state index in [1.165, 1.54) is 0 Å². The molecule has 1 aliphatic heterocycles. The van der Waals surface area contributed by atoms with Crippen LogP contribution in [-0.4, -0.2) is 51.1 Å². The van der Waals surface area contributed by atoms with Crippen LogP contribution in [0.5, 0.6) is 0 Å². The van der Waals surface area contributed by atoms with Gasteiger partial charge >= 0.3 is 0 Å². The van der Waals surface area contributed by atoms with E-state index in [-0.39, 0.29) is 30.8 Å². The molecule has 0 bridgehead atoms. The molecule has 1 saturated heterocycles. The summed E-state index contributed by atoms with van der Waals surface area (Å²) in [4.78, 5) is 11.9. The van der Waals surface area contributed by atoms with Gasteiger partial charge in [-0.2, -0.15) is 0 Å². The van der Waals surface area contributed by atoms with E-state index >= 15 is 0 Å². The lowest BCUT2D eigenvalue weighted by Gasteiger charge is -2.41. The Bertz CT molecular complexity index is 309. The fourth-order valence-corrected chi connectivity index (χ4v) is 2.65. The number of ketones is 1. The monoisotopic (exact) mass is 274 g/mol. The molecule has 1 fully saturated rings. The fraction of sp³-hybridized carbons (Fsp3) is 0.929. The van der Waals surface area contributed by atoms with Crippen molar-refractivity contribution < 1.29 is 24.9 Å². The van der Waals surface area contributed by atoms with Gasteiger partial charge in [-0.15, -0.1) is 0 Å². The highest BCUT2D eigenvalue weighted by atomic mass is 16.5. The summed E-state index contributed by atoms with van der Waals surface area (Å²) in [6, 6.07) is 0. The lowest BCUT2D eigenvalue weighted by Crippen LogP contribution is -2.53. The first-order valence-electron chi connectivity index (χ1n) is 6.91. The third kappa shape index (κ3) is 4.53. The van der Waals surface area contributed by atoms with Gasteiger partial charge in [-0.3, -0.25) is 4.79 Å². The molecule has 0 aromatic carbocycles. The molecule has 5 heteroatoms. The predicted octanol–water partition coefficient (Wildman–Crippen LogP) is 0.642. The van der Waals surface area contributed by atoms with Crippen molar-refractivity contribution in [3.8, 4) is 0 Å². The number of aliphatic hydroxyl groups excluding tert-OH is 2. The smallest absolute Gasteiger partial charge is 0.136 e. The number of Topliss-reactive ketones (excluding diaryl/α,β-unsaturated/α-hetero) is 1. The minimum Gasteiger partial charge on any atom is -0.390 e. The molecular formula is C14H26O5. The molecule has 5 nitrogen and oxygen atoms in total. The maximum absolute atomic E-state index is 11.9. The number of hydrogen-bond acceptors (Lipinski definition) is 5. The third-order valence-corrected chi connectivity index (χ3v) is 3.66. The maximum atomic E-state index is 11.9. The SMILES string of the molecule is CCC1OC(C)C(CC(=O)CC(C)(C)O)C(O)C1O. The van der Waals surface area contributed by atoms with Crippen LogP contribution in [0.2, 0.25) is 0 Å². The highest BCUT2D eigenvalue weighted by Crippen LogP contribution is 2.30. The van der Waals surface area contributed by atoms with E-state index in [1.54, 1.807) is 20.8 Å². The normalized spacial score (nSPS) is 36.3. The van der Waals surface area contributed by atoms with Crippen molar-refractivity contribution in [3.05, 3.63) is 0 Å². The summed E-state index contributed by atoms with van der Waals surface area (Å²) < 4.78 is 5.64. The first-order valence-corrected chi connectivity index (χ1v) is 6.91. The second kappa shape index (κ2) is 6.31. The van der Waals surface area contributed by atoms with Gasteiger partial charge in [-0.1, -0.05) is 6.92 Å². The van der Waals surface area contributed by atoms with Crippen molar-refractivity contribution in [2.75, 3.05) is 0 Å². The molecule has 19 heavy (non-hydrogen) atoms. The number of aliphatic hydroxyl groups is 3. The minimum absolute atomic E-state index is 0.0379. The van der Waals surface area contributed by atoms with Gasteiger partial charge in [-0.05, 0) is 27.2 Å². The van der Waals surface area contributed by atoms with E-state index in [0.29, 0.717) is 6.42 Å². The number of ether oxygens (including phenoxy) is 1. The largest absolute Gasteiger partial charge is 0.390 e. The predicted molar refractivity (Wildman–Crippen MR) is 70.7 cm³/mol. The molecule has 0 radical (unpaired) electrons. The zero-order valence-electron chi connectivity index (χ0n) is 12.2. The van der Waals surface area contributed by atoms with Crippen LogP contribution in [-0.2, 0) is 9.53 Å². The molecule has 1 rings (SSSR count). The van der Waals surface area contributed by atoms with Crippen molar-refractivity contribution in [1.29, 1.82) is 0 Å². The molecule has 3 N–H and O–H groups in total. The summed E-state index contributed by atoms with van der Waals surface area (Å²) in [5.74, 6) is -0.554. The number of carbonyl (C=O) groups is 1. The summed E-state index contributed by atoms with van der Waals surface area (Å²) in [7, 11) is 0. The molecule has 0 aromatic heterocycles. The van der Waals surface area contributed by atoms with Gasteiger partial charge < -0.3 is 20.1 Å². The van der Waals surface area contributed by atoms with Crippen molar-refractivity contribution in [2.24, 2.45) is 5.92 Å². The lowest BCUT2D eigenvalue weighted by atomic mass is 9.82. The van der Waals surface area contributed by atoms with Gasteiger partial charge in [-0.25, -0.2) is 0 Å². The Hall–Kier alpha value is -0.490. The summed E-state index contributed by atoms with van der Waals surface area (Å²) in [5.41, 5.74) is -1.05. The van der Waals surface area contributed by atoms with Gasteiger partial charge in [0.1, 0.15) is 11.9 Å². The van der Waals surface area contributed by atoms with Crippen molar-refractivity contribution in [1.82, 2.24) is 0 Å². The first kappa shape index (κ1) is 16.6. The zero-order chi connectivity index (χ0) is 14.8. The zero-order valence-corrected chi connectivity index (χ0v) is 12.2. The standard InChI is InChI=1S/C14H26O5/c1-5-11-13(17)12(16)10(8(2)19-11)6-9(15)7-14(3,4)18/h8,10-13,16-18H,5-7H2,1-4H3. The van der Waals surface area contributed by atoms with Gasteiger partial charge in [0.2, 0.25) is 0 Å². The fourth-order valence-electron chi connectivity index (χ4n) is 2.65. The van der Waals surface area contributed by atoms with Gasteiger partial charge in [0.05, 0.1) is 23.9 Å². The topological polar surface area (TPSA) is 87.0 Å². The molecule has 112 valence electrons. The maximum Gasteiger partial charge on any atom is 0.136 e. The lowest BCUT2D eigenvalue weighted by molar-refractivity contribution is -0.197. The van der Waals surface area contributed by atoms with Crippen LogP contribution < -0.4 is 0 Å². The summed E-state index contributed by atoms with van der Waals surface area (Å²) in [6.45, 7) is 6.83. The highest BCUT2D eigenvalue weighted by Gasteiger charge is 2.42. The summed E-state index contributed by atoms with van der Waals surface area (Å²) in [5, 5.41) is 29.7.